The number of benzene rings is 1. The van der Waals surface area contributed by atoms with Gasteiger partial charge in [0.15, 0.2) is 0 Å². The third-order valence-electron chi connectivity index (χ3n) is 7.18. The minimum atomic E-state index is -0.277. The summed E-state index contributed by atoms with van der Waals surface area (Å²) in [6.07, 6.45) is 9.71. The number of nitrogens with zero attached hydrogens (tertiary/aromatic N) is 4. The van der Waals surface area contributed by atoms with Crippen LogP contribution in [0.1, 0.15) is 28.9 Å². The Labute approximate surface area is 221 Å². The molecule has 8 heteroatoms. The first kappa shape index (κ1) is 24.5. The molecule has 2 aliphatic rings. The zero-order valence-corrected chi connectivity index (χ0v) is 21.8. The predicted molar refractivity (Wildman–Crippen MR) is 152 cm³/mol. The van der Waals surface area contributed by atoms with Crippen molar-refractivity contribution in [1.29, 1.82) is 0 Å². The molecule has 0 saturated carbocycles. The Morgan fingerprint density at radius 1 is 1.03 bits per heavy atom. The van der Waals surface area contributed by atoms with Crippen molar-refractivity contribution in [1.82, 2.24) is 25.2 Å². The van der Waals surface area contributed by atoms with E-state index < -0.39 is 0 Å². The molecule has 0 saturated heterocycles. The number of fused-ring (bicyclic) bond motifs is 2. The van der Waals surface area contributed by atoms with Gasteiger partial charge >= 0.3 is 0 Å². The molecule has 2 aliphatic heterocycles. The first-order valence-corrected chi connectivity index (χ1v) is 13.2. The lowest BCUT2D eigenvalue weighted by Gasteiger charge is -2.19. The SMILES string of the molecule is CN(C)CCNc1cc(F)cc(-c2cncc3[nH]c(C4=NCCc5cnc(C6=CCNCC6)cc54)cc23)c1. The summed E-state index contributed by atoms with van der Waals surface area (Å²) < 4.78 is 14.6. The zero-order chi connectivity index (χ0) is 26.1. The number of aliphatic imine (C=N–C) groups is 1. The number of hydrogen-bond acceptors (Lipinski definition) is 6. The van der Waals surface area contributed by atoms with Crippen LogP contribution in [0, 0.1) is 5.82 Å². The van der Waals surface area contributed by atoms with Crippen LogP contribution in [0.25, 0.3) is 27.6 Å². The van der Waals surface area contributed by atoms with Crippen molar-refractivity contribution < 1.29 is 4.39 Å². The Morgan fingerprint density at radius 2 is 1.95 bits per heavy atom. The summed E-state index contributed by atoms with van der Waals surface area (Å²) in [5.41, 5.74) is 9.84. The number of anilines is 1. The van der Waals surface area contributed by atoms with Crippen molar-refractivity contribution in [2.24, 2.45) is 4.99 Å². The van der Waals surface area contributed by atoms with E-state index >= 15 is 0 Å². The lowest BCUT2D eigenvalue weighted by molar-refractivity contribution is 0.425. The lowest BCUT2D eigenvalue weighted by atomic mass is 9.94. The maximum Gasteiger partial charge on any atom is 0.125 e. The van der Waals surface area contributed by atoms with Crippen LogP contribution in [0.3, 0.4) is 0 Å². The Morgan fingerprint density at radius 3 is 2.79 bits per heavy atom. The second-order valence-corrected chi connectivity index (χ2v) is 10.2. The number of aromatic nitrogens is 3. The van der Waals surface area contributed by atoms with Gasteiger partial charge < -0.3 is 20.5 Å². The summed E-state index contributed by atoms with van der Waals surface area (Å²) in [6.45, 7) is 4.16. The summed E-state index contributed by atoms with van der Waals surface area (Å²) in [7, 11) is 4.04. The molecule has 0 spiro atoms. The molecule has 0 fully saturated rings. The molecule has 0 amide bonds. The van der Waals surface area contributed by atoms with Crippen molar-refractivity contribution in [2.75, 3.05) is 52.1 Å². The highest BCUT2D eigenvalue weighted by Crippen LogP contribution is 2.32. The summed E-state index contributed by atoms with van der Waals surface area (Å²) in [5.74, 6) is -0.277. The molecule has 38 heavy (non-hydrogen) atoms. The molecule has 4 aromatic rings. The van der Waals surface area contributed by atoms with E-state index in [9.17, 15) is 4.39 Å². The largest absolute Gasteiger partial charge is 0.384 e. The number of pyridine rings is 2. The zero-order valence-electron chi connectivity index (χ0n) is 21.8. The van der Waals surface area contributed by atoms with Gasteiger partial charge in [0, 0.05) is 60.8 Å². The first-order valence-electron chi connectivity index (χ1n) is 13.2. The van der Waals surface area contributed by atoms with Crippen LogP contribution >= 0.6 is 0 Å². The average Bonchev–Trinajstić information content (AvgIpc) is 3.37. The van der Waals surface area contributed by atoms with Crippen LogP contribution in [0.2, 0.25) is 0 Å². The standard InChI is InChI=1S/C30H32FN7/c1-38(2)10-9-34-23-12-21(11-22(31)13-23)26-17-33-18-29-25(26)15-28(37-29)30-24-14-27(19-3-6-32-7-4-19)36-16-20(24)5-8-35-30/h3,11-18,32,34,37H,4-10H2,1-2H3. The topological polar surface area (TPSA) is 81.2 Å². The molecule has 194 valence electrons. The van der Waals surface area contributed by atoms with E-state index in [-0.39, 0.29) is 5.82 Å². The fourth-order valence-electron chi connectivity index (χ4n) is 5.22. The van der Waals surface area contributed by atoms with E-state index in [0.717, 1.165) is 95.9 Å². The van der Waals surface area contributed by atoms with E-state index in [2.05, 4.69) is 43.7 Å². The molecule has 7 nitrogen and oxygen atoms in total. The van der Waals surface area contributed by atoms with E-state index in [1.54, 1.807) is 12.3 Å². The molecule has 3 N–H and O–H groups in total. The van der Waals surface area contributed by atoms with E-state index in [4.69, 9.17) is 9.98 Å². The second kappa shape index (κ2) is 10.5. The second-order valence-electron chi connectivity index (χ2n) is 10.2. The molecule has 6 rings (SSSR count). The number of H-pyrrole nitrogens is 1. The Bertz CT molecular complexity index is 1550. The quantitative estimate of drug-likeness (QED) is 0.342. The highest BCUT2D eigenvalue weighted by atomic mass is 19.1. The first-order chi connectivity index (χ1) is 18.5. The van der Waals surface area contributed by atoms with Gasteiger partial charge in [-0.25, -0.2) is 4.39 Å². The monoisotopic (exact) mass is 509 g/mol. The van der Waals surface area contributed by atoms with Gasteiger partial charge in [-0.2, -0.15) is 0 Å². The summed E-state index contributed by atoms with van der Waals surface area (Å²) in [4.78, 5) is 19.8. The number of hydrogen-bond donors (Lipinski definition) is 3. The number of nitrogens with one attached hydrogen (secondary N) is 3. The molecule has 0 unspecified atom stereocenters. The van der Waals surface area contributed by atoms with Crippen LogP contribution in [-0.4, -0.2) is 72.4 Å². The lowest BCUT2D eigenvalue weighted by Crippen LogP contribution is -2.21. The fourth-order valence-corrected chi connectivity index (χ4v) is 5.22. The molecule has 0 atom stereocenters. The van der Waals surface area contributed by atoms with Gasteiger partial charge in [-0.05, 0) is 80.5 Å². The number of rotatable bonds is 7. The Kier molecular flexibility index (Phi) is 6.74. The number of halogens is 1. The third-order valence-corrected chi connectivity index (χ3v) is 7.18. The maximum atomic E-state index is 14.6. The van der Waals surface area contributed by atoms with Gasteiger partial charge in [0.25, 0.3) is 0 Å². The minimum Gasteiger partial charge on any atom is -0.384 e. The smallest absolute Gasteiger partial charge is 0.125 e. The van der Waals surface area contributed by atoms with Gasteiger partial charge in [-0.15, -0.1) is 0 Å². The van der Waals surface area contributed by atoms with Crippen molar-refractivity contribution in [3.05, 3.63) is 83.3 Å². The van der Waals surface area contributed by atoms with Gasteiger partial charge in [-0.1, -0.05) is 6.08 Å². The predicted octanol–water partition coefficient (Wildman–Crippen LogP) is 4.51. The van der Waals surface area contributed by atoms with Crippen LogP contribution in [0.5, 0.6) is 0 Å². The fraction of sp³-hybridized carbons (Fsp3) is 0.300. The molecule has 0 aliphatic carbocycles. The maximum absolute atomic E-state index is 14.6. The van der Waals surface area contributed by atoms with Crippen molar-refractivity contribution in [3.63, 3.8) is 0 Å². The average molecular weight is 510 g/mol. The molecule has 5 heterocycles. The van der Waals surface area contributed by atoms with Crippen molar-refractivity contribution >= 4 is 27.9 Å². The Hall–Kier alpha value is -3.88. The van der Waals surface area contributed by atoms with Crippen molar-refractivity contribution in [2.45, 2.75) is 12.8 Å². The minimum absolute atomic E-state index is 0.277. The Balaban J connectivity index is 1.37. The van der Waals surface area contributed by atoms with Gasteiger partial charge in [-0.3, -0.25) is 15.0 Å². The molecule has 3 aromatic heterocycles. The summed E-state index contributed by atoms with van der Waals surface area (Å²) in [5, 5.41) is 7.69. The number of likely N-dealkylation sites (N-methyl/N-ethyl adjacent to an activating group) is 1. The number of aromatic amines is 1. The van der Waals surface area contributed by atoms with E-state index in [1.807, 2.05) is 32.6 Å². The molecular weight excluding hydrogens is 477 g/mol. The third kappa shape index (κ3) is 4.97. The molecule has 1 aromatic carbocycles. The van der Waals surface area contributed by atoms with Gasteiger partial charge in [0.1, 0.15) is 5.82 Å². The highest BCUT2D eigenvalue weighted by Gasteiger charge is 2.21. The summed E-state index contributed by atoms with van der Waals surface area (Å²) >= 11 is 0. The molecule has 0 radical (unpaired) electrons. The van der Waals surface area contributed by atoms with Crippen LogP contribution in [0.4, 0.5) is 10.1 Å². The van der Waals surface area contributed by atoms with Crippen LogP contribution < -0.4 is 10.6 Å². The normalized spacial score (nSPS) is 15.4. The summed E-state index contributed by atoms with van der Waals surface area (Å²) in [6, 6.07) is 9.40. The molecular formula is C30H32FN7. The van der Waals surface area contributed by atoms with E-state index in [1.165, 1.54) is 17.2 Å². The van der Waals surface area contributed by atoms with Gasteiger partial charge in [0.2, 0.25) is 0 Å². The van der Waals surface area contributed by atoms with Crippen molar-refractivity contribution in [3.8, 4) is 11.1 Å². The highest BCUT2D eigenvalue weighted by molar-refractivity contribution is 6.16. The van der Waals surface area contributed by atoms with Gasteiger partial charge in [0.05, 0.1) is 28.8 Å². The van der Waals surface area contributed by atoms with E-state index in [0.29, 0.717) is 0 Å². The van der Waals surface area contributed by atoms with Crippen LogP contribution in [-0.2, 0) is 6.42 Å². The molecule has 0 bridgehead atoms. The van der Waals surface area contributed by atoms with Crippen LogP contribution in [0.15, 0.2) is 60.0 Å².